The number of aromatic nitrogens is 1. The Hall–Kier alpha value is -1.76. The van der Waals surface area contributed by atoms with Crippen LogP contribution >= 0.6 is 11.8 Å². The van der Waals surface area contributed by atoms with Gasteiger partial charge < -0.3 is 10.1 Å². The van der Waals surface area contributed by atoms with Crippen LogP contribution in [0.25, 0.3) is 0 Å². The lowest BCUT2D eigenvalue weighted by molar-refractivity contribution is -0.120. The topological polar surface area (TPSA) is 71.5 Å². The summed E-state index contributed by atoms with van der Waals surface area (Å²) in [7, 11) is 0. The second-order valence-electron chi connectivity index (χ2n) is 5.70. The van der Waals surface area contributed by atoms with Crippen molar-refractivity contribution in [3.05, 3.63) is 24.5 Å². The van der Waals surface area contributed by atoms with Gasteiger partial charge in [-0.1, -0.05) is 0 Å². The minimum absolute atomic E-state index is 0.223. The van der Waals surface area contributed by atoms with Gasteiger partial charge in [0.05, 0.1) is 17.8 Å². The second kappa shape index (κ2) is 6.34. The number of anilines is 1. The van der Waals surface area contributed by atoms with Crippen molar-refractivity contribution in [2.75, 3.05) is 16.9 Å². The van der Waals surface area contributed by atoms with Gasteiger partial charge >= 0.3 is 6.09 Å². The first-order chi connectivity index (χ1) is 9.87. The summed E-state index contributed by atoms with van der Waals surface area (Å²) in [5.74, 6) is 0.796. The molecule has 0 aliphatic carbocycles. The molecule has 1 aliphatic rings. The highest BCUT2D eigenvalue weighted by atomic mass is 32.2. The van der Waals surface area contributed by atoms with E-state index in [4.69, 9.17) is 4.74 Å². The first kappa shape index (κ1) is 15.6. The lowest BCUT2D eigenvalue weighted by Crippen LogP contribution is -2.46. The summed E-state index contributed by atoms with van der Waals surface area (Å²) in [5, 5.41) is 2.77. The van der Waals surface area contributed by atoms with E-state index in [1.807, 2.05) is 0 Å². The quantitative estimate of drug-likeness (QED) is 0.908. The van der Waals surface area contributed by atoms with Crippen LogP contribution in [-0.4, -0.2) is 45.2 Å². The summed E-state index contributed by atoms with van der Waals surface area (Å²) >= 11 is 1.53. The van der Waals surface area contributed by atoms with Crippen molar-refractivity contribution < 1.29 is 14.3 Å². The van der Waals surface area contributed by atoms with E-state index in [2.05, 4.69) is 10.3 Å². The van der Waals surface area contributed by atoms with Crippen LogP contribution < -0.4 is 5.32 Å². The average molecular weight is 309 g/mol. The second-order valence-corrected chi connectivity index (χ2v) is 6.70. The molecule has 0 bridgehead atoms. The number of ether oxygens (including phenoxy) is 1. The molecule has 0 aromatic carbocycles. The van der Waals surface area contributed by atoms with Gasteiger partial charge in [0.25, 0.3) is 0 Å². The third-order valence-electron chi connectivity index (χ3n) is 2.74. The predicted octanol–water partition coefficient (Wildman–Crippen LogP) is 2.33. The SMILES string of the molecule is CC(C)(C)OC(=O)N1CSC[C@H]1C(=O)Nc1cccnc1. The lowest BCUT2D eigenvalue weighted by atomic mass is 10.2. The van der Waals surface area contributed by atoms with Gasteiger partial charge in [-0.2, -0.15) is 0 Å². The van der Waals surface area contributed by atoms with Crippen molar-refractivity contribution in [2.45, 2.75) is 32.4 Å². The van der Waals surface area contributed by atoms with Crippen molar-refractivity contribution in [1.82, 2.24) is 9.88 Å². The number of hydrogen-bond acceptors (Lipinski definition) is 5. The maximum atomic E-state index is 12.3. The zero-order valence-electron chi connectivity index (χ0n) is 12.3. The van der Waals surface area contributed by atoms with Gasteiger partial charge in [-0.25, -0.2) is 4.79 Å². The highest BCUT2D eigenvalue weighted by molar-refractivity contribution is 7.99. The standard InChI is InChI=1S/C14H19N3O3S/c1-14(2,3)20-13(19)17-9-21-8-11(17)12(18)16-10-5-4-6-15-7-10/h4-7,11H,8-9H2,1-3H3,(H,16,18)/t11-/m0/s1. The third kappa shape index (κ3) is 4.35. The number of thioether (sulfide) groups is 1. The van der Waals surface area contributed by atoms with E-state index in [0.29, 0.717) is 17.3 Å². The lowest BCUT2D eigenvalue weighted by Gasteiger charge is -2.27. The Labute approximate surface area is 128 Å². The summed E-state index contributed by atoms with van der Waals surface area (Å²) in [6.45, 7) is 5.41. The molecule has 1 fully saturated rings. The molecular weight excluding hydrogens is 290 g/mol. The van der Waals surface area contributed by atoms with Crippen molar-refractivity contribution >= 4 is 29.4 Å². The van der Waals surface area contributed by atoms with Gasteiger partial charge in [0.15, 0.2) is 0 Å². The Morgan fingerprint density at radius 3 is 2.86 bits per heavy atom. The fourth-order valence-corrected chi connectivity index (χ4v) is 2.96. The van der Waals surface area contributed by atoms with E-state index < -0.39 is 17.7 Å². The van der Waals surface area contributed by atoms with Crippen molar-refractivity contribution in [2.24, 2.45) is 0 Å². The van der Waals surface area contributed by atoms with E-state index >= 15 is 0 Å². The van der Waals surface area contributed by atoms with E-state index in [0.717, 1.165) is 0 Å². The molecule has 0 radical (unpaired) electrons. The van der Waals surface area contributed by atoms with Crippen LogP contribution in [0.4, 0.5) is 10.5 Å². The van der Waals surface area contributed by atoms with Gasteiger partial charge in [-0.3, -0.25) is 14.7 Å². The number of hydrogen-bond donors (Lipinski definition) is 1. The number of carbonyl (C=O) groups is 2. The van der Waals surface area contributed by atoms with E-state index in [1.165, 1.54) is 16.7 Å². The summed E-state index contributed by atoms with van der Waals surface area (Å²) in [6, 6.07) is 2.97. The molecule has 0 spiro atoms. The summed E-state index contributed by atoms with van der Waals surface area (Å²) in [5.41, 5.74) is 0.0397. The maximum Gasteiger partial charge on any atom is 0.411 e. The molecule has 2 heterocycles. The number of amides is 2. The monoisotopic (exact) mass is 309 g/mol. The van der Waals surface area contributed by atoms with E-state index in [9.17, 15) is 9.59 Å². The molecule has 2 rings (SSSR count). The highest BCUT2D eigenvalue weighted by Crippen LogP contribution is 2.24. The van der Waals surface area contributed by atoms with Crippen LogP contribution in [0.3, 0.4) is 0 Å². The number of pyridine rings is 1. The molecule has 1 aromatic rings. The molecule has 21 heavy (non-hydrogen) atoms. The van der Waals surface area contributed by atoms with Gasteiger partial charge in [0.2, 0.25) is 5.91 Å². The smallest absolute Gasteiger partial charge is 0.411 e. The molecule has 2 amide bonds. The predicted molar refractivity (Wildman–Crippen MR) is 82.1 cm³/mol. The van der Waals surface area contributed by atoms with E-state index in [1.54, 1.807) is 45.3 Å². The first-order valence-corrected chi connectivity index (χ1v) is 7.80. The third-order valence-corrected chi connectivity index (χ3v) is 3.75. The van der Waals surface area contributed by atoms with Crippen molar-refractivity contribution in [3.63, 3.8) is 0 Å². The Morgan fingerprint density at radius 2 is 2.24 bits per heavy atom. The summed E-state index contributed by atoms with van der Waals surface area (Å²) < 4.78 is 5.33. The highest BCUT2D eigenvalue weighted by Gasteiger charge is 2.37. The average Bonchev–Trinajstić information content (AvgIpc) is 2.87. The van der Waals surface area contributed by atoms with E-state index in [-0.39, 0.29) is 5.91 Å². The van der Waals surface area contributed by atoms with Crippen LogP contribution in [0.5, 0.6) is 0 Å². The summed E-state index contributed by atoms with van der Waals surface area (Å²) in [6.07, 6.45) is 2.74. The van der Waals surface area contributed by atoms with Gasteiger partial charge in [0.1, 0.15) is 11.6 Å². The zero-order valence-corrected chi connectivity index (χ0v) is 13.1. The molecule has 1 saturated heterocycles. The molecule has 1 aromatic heterocycles. The molecule has 1 N–H and O–H groups in total. The Balaban J connectivity index is 2.01. The van der Waals surface area contributed by atoms with Crippen molar-refractivity contribution in [3.8, 4) is 0 Å². The molecule has 114 valence electrons. The molecule has 1 aliphatic heterocycles. The molecule has 0 saturated carbocycles. The summed E-state index contributed by atoms with van der Waals surface area (Å²) in [4.78, 5) is 29.8. The number of carbonyl (C=O) groups excluding carboxylic acids is 2. The Morgan fingerprint density at radius 1 is 1.48 bits per heavy atom. The minimum Gasteiger partial charge on any atom is -0.444 e. The molecule has 1 atom stereocenters. The normalized spacial score (nSPS) is 18.4. The van der Waals surface area contributed by atoms with Crippen LogP contribution in [0.2, 0.25) is 0 Å². The van der Waals surface area contributed by atoms with Crippen molar-refractivity contribution in [1.29, 1.82) is 0 Å². The number of rotatable bonds is 2. The Bertz CT molecular complexity index is 516. The Kier molecular flexibility index (Phi) is 4.72. The van der Waals surface area contributed by atoms with Crippen LogP contribution in [0.1, 0.15) is 20.8 Å². The van der Waals surface area contributed by atoms with Gasteiger partial charge in [-0.15, -0.1) is 11.8 Å². The molecule has 7 heteroatoms. The fourth-order valence-electron chi connectivity index (χ4n) is 1.82. The van der Waals surface area contributed by atoms with Crippen LogP contribution in [0.15, 0.2) is 24.5 Å². The number of nitrogens with zero attached hydrogens (tertiary/aromatic N) is 2. The molecule has 6 nitrogen and oxygen atoms in total. The number of nitrogens with one attached hydrogen (secondary N) is 1. The van der Waals surface area contributed by atoms with Gasteiger partial charge in [-0.05, 0) is 32.9 Å². The van der Waals surface area contributed by atoms with Crippen LogP contribution in [-0.2, 0) is 9.53 Å². The fraction of sp³-hybridized carbons (Fsp3) is 0.500. The first-order valence-electron chi connectivity index (χ1n) is 6.65. The zero-order chi connectivity index (χ0) is 15.5. The minimum atomic E-state index is -0.575. The molecular formula is C14H19N3O3S. The van der Waals surface area contributed by atoms with Gasteiger partial charge in [0, 0.05) is 11.9 Å². The molecule has 0 unspecified atom stereocenters. The maximum absolute atomic E-state index is 12.3. The largest absolute Gasteiger partial charge is 0.444 e. The van der Waals surface area contributed by atoms with Crippen LogP contribution in [0, 0.1) is 0 Å².